The van der Waals surface area contributed by atoms with Crippen molar-refractivity contribution in [3.63, 3.8) is 0 Å². The number of hydrogen-bond donors (Lipinski definition) is 3. The van der Waals surface area contributed by atoms with E-state index in [1.54, 1.807) is 6.07 Å². The predicted molar refractivity (Wildman–Crippen MR) is 80.0 cm³/mol. The monoisotopic (exact) mass is 302 g/mol. The highest BCUT2D eigenvalue weighted by atomic mass is 32.2. The number of aromatic nitrogens is 2. The van der Waals surface area contributed by atoms with Gasteiger partial charge in [0.25, 0.3) is 10.2 Å². The van der Waals surface area contributed by atoms with Crippen molar-refractivity contribution in [3.8, 4) is 0 Å². The third kappa shape index (κ3) is 5.27. The van der Waals surface area contributed by atoms with Crippen molar-refractivity contribution < 1.29 is 8.42 Å². The molecular weight excluding hydrogens is 280 g/mol. The summed E-state index contributed by atoms with van der Waals surface area (Å²) >= 11 is 0. The first-order valence-corrected chi connectivity index (χ1v) is 7.79. The average Bonchev–Trinajstić information content (AvgIpc) is 2.34. The number of aryl methyl sites for hydroxylation is 1. The van der Waals surface area contributed by atoms with Gasteiger partial charge in [0.2, 0.25) is 5.95 Å². The Morgan fingerprint density at radius 3 is 2.50 bits per heavy atom. The van der Waals surface area contributed by atoms with E-state index in [0.717, 1.165) is 16.5 Å². The van der Waals surface area contributed by atoms with Crippen molar-refractivity contribution >= 4 is 22.0 Å². The van der Waals surface area contributed by atoms with E-state index in [0.29, 0.717) is 18.3 Å². The van der Waals surface area contributed by atoms with E-state index in [9.17, 15) is 8.42 Å². The molecule has 0 atom stereocenters. The Morgan fingerprint density at radius 1 is 1.20 bits per heavy atom. The summed E-state index contributed by atoms with van der Waals surface area (Å²) < 4.78 is 26.6. The van der Waals surface area contributed by atoms with Gasteiger partial charge in [0.05, 0.1) is 0 Å². The van der Waals surface area contributed by atoms with E-state index in [1.807, 2.05) is 13.8 Å². The second-order valence-electron chi connectivity index (χ2n) is 4.36. The Balaban J connectivity index is 2.50. The largest absolute Gasteiger partial charge is 0.369 e. The summed E-state index contributed by atoms with van der Waals surface area (Å²) in [6.07, 6.45) is 0. The maximum Gasteiger partial charge on any atom is 0.278 e. The Kier molecular flexibility index (Phi) is 6.11. The molecule has 9 heteroatoms. The van der Waals surface area contributed by atoms with Crippen LogP contribution in [0.4, 0.5) is 11.8 Å². The summed E-state index contributed by atoms with van der Waals surface area (Å²) in [5.74, 6) is 1.22. The topological polar surface area (TPSA) is 99.2 Å². The molecule has 0 aromatic carbocycles. The highest BCUT2D eigenvalue weighted by molar-refractivity contribution is 7.87. The summed E-state index contributed by atoms with van der Waals surface area (Å²) in [5, 5.41) is 6.10. The minimum absolute atomic E-state index is 0.278. The van der Waals surface area contributed by atoms with Gasteiger partial charge in [-0.2, -0.15) is 17.7 Å². The molecule has 0 bridgehead atoms. The molecule has 0 aliphatic heterocycles. The van der Waals surface area contributed by atoms with Gasteiger partial charge < -0.3 is 10.6 Å². The van der Waals surface area contributed by atoms with Gasteiger partial charge in [0.1, 0.15) is 5.82 Å². The third-order valence-electron chi connectivity index (χ3n) is 2.39. The van der Waals surface area contributed by atoms with Gasteiger partial charge >= 0.3 is 0 Å². The molecular formula is C11H22N6O2S. The zero-order valence-electron chi connectivity index (χ0n) is 12.3. The van der Waals surface area contributed by atoms with Crippen LogP contribution in [0.25, 0.3) is 0 Å². The molecule has 114 valence electrons. The first-order valence-electron chi connectivity index (χ1n) is 6.35. The van der Waals surface area contributed by atoms with E-state index in [-0.39, 0.29) is 6.54 Å². The van der Waals surface area contributed by atoms with E-state index in [2.05, 4.69) is 25.3 Å². The van der Waals surface area contributed by atoms with Crippen molar-refractivity contribution in [3.05, 3.63) is 11.8 Å². The van der Waals surface area contributed by atoms with E-state index in [1.165, 1.54) is 14.1 Å². The zero-order chi connectivity index (χ0) is 15.2. The predicted octanol–water partition coefficient (Wildman–Crippen LogP) is 0.0247. The normalized spacial score (nSPS) is 11.7. The van der Waals surface area contributed by atoms with Gasteiger partial charge in [-0.05, 0) is 13.8 Å². The number of hydrogen-bond acceptors (Lipinski definition) is 6. The molecule has 1 aromatic heterocycles. The average molecular weight is 302 g/mol. The van der Waals surface area contributed by atoms with E-state index < -0.39 is 10.2 Å². The molecule has 0 unspecified atom stereocenters. The summed E-state index contributed by atoms with van der Waals surface area (Å²) in [4.78, 5) is 8.51. The van der Waals surface area contributed by atoms with Crippen LogP contribution in [0.1, 0.15) is 12.6 Å². The van der Waals surface area contributed by atoms with Crippen LogP contribution in [-0.2, 0) is 10.2 Å². The Bertz CT molecular complexity index is 532. The molecule has 0 spiro atoms. The maximum atomic E-state index is 11.5. The van der Waals surface area contributed by atoms with E-state index in [4.69, 9.17) is 0 Å². The van der Waals surface area contributed by atoms with Crippen LogP contribution < -0.4 is 15.4 Å². The van der Waals surface area contributed by atoms with Crippen molar-refractivity contribution in [1.29, 1.82) is 0 Å². The Morgan fingerprint density at radius 2 is 1.90 bits per heavy atom. The molecule has 0 radical (unpaired) electrons. The lowest BCUT2D eigenvalue weighted by molar-refractivity contribution is 0.507. The van der Waals surface area contributed by atoms with Crippen molar-refractivity contribution in [2.45, 2.75) is 13.8 Å². The molecule has 0 aliphatic carbocycles. The minimum atomic E-state index is -3.38. The SMILES string of the molecule is CCNc1nc(C)cc(NCCNS(=O)(=O)N(C)C)n1. The molecule has 1 heterocycles. The molecule has 0 saturated carbocycles. The number of nitrogens with one attached hydrogen (secondary N) is 3. The molecule has 0 aliphatic rings. The van der Waals surface area contributed by atoms with E-state index >= 15 is 0 Å². The molecule has 8 nitrogen and oxygen atoms in total. The highest BCUT2D eigenvalue weighted by Crippen LogP contribution is 2.08. The maximum absolute atomic E-state index is 11.5. The zero-order valence-corrected chi connectivity index (χ0v) is 13.1. The fraction of sp³-hybridized carbons (Fsp3) is 0.636. The van der Waals surface area contributed by atoms with Gasteiger partial charge in [-0.3, -0.25) is 0 Å². The first-order chi connectivity index (χ1) is 9.35. The summed E-state index contributed by atoms with van der Waals surface area (Å²) in [6.45, 7) is 5.30. The van der Waals surface area contributed by atoms with Gasteiger partial charge in [-0.1, -0.05) is 0 Å². The van der Waals surface area contributed by atoms with Crippen LogP contribution in [0.15, 0.2) is 6.07 Å². The summed E-state index contributed by atoms with van der Waals surface area (Å²) in [6, 6.07) is 1.81. The number of anilines is 2. The third-order valence-corrected chi connectivity index (χ3v) is 3.92. The van der Waals surface area contributed by atoms with Crippen molar-refractivity contribution in [1.82, 2.24) is 19.0 Å². The summed E-state index contributed by atoms with van der Waals surface area (Å²) in [7, 11) is -0.423. The smallest absolute Gasteiger partial charge is 0.278 e. The summed E-state index contributed by atoms with van der Waals surface area (Å²) in [5.41, 5.74) is 0.840. The standard InChI is InChI=1S/C11H22N6O2S/c1-5-12-11-15-9(2)8-10(16-11)13-6-7-14-20(18,19)17(3)4/h8,14H,5-7H2,1-4H3,(H2,12,13,15,16). The molecule has 1 aromatic rings. The van der Waals surface area contributed by atoms with Crippen LogP contribution in [0.2, 0.25) is 0 Å². The van der Waals surface area contributed by atoms with Crippen LogP contribution >= 0.6 is 0 Å². The molecule has 0 fully saturated rings. The highest BCUT2D eigenvalue weighted by Gasteiger charge is 2.11. The van der Waals surface area contributed by atoms with Crippen molar-refractivity contribution in [2.75, 3.05) is 44.4 Å². The minimum Gasteiger partial charge on any atom is -0.369 e. The van der Waals surface area contributed by atoms with Gasteiger partial charge in [-0.15, -0.1) is 0 Å². The van der Waals surface area contributed by atoms with Crippen molar-refractivity contribution in [2.24, 2.45) is 0 Å². The lowest BCUT2D eigenvalue weighted by atomic mass is 10.4. The van der Waals surface area contributed by atoms with Gasteiger partial charge in [-0.25, -0.2) is 9.71 Å². The Hall–Kier alpha value is -1.45. The lowest BCUT2D eigenvalue weighted by Gasteiger charge is -2.13. The molecule has 0 amide bonds. The van der Waals surface area contributed by atoms with Crippen LogP contribution in [0.3, 0.4) is 0 Å². The Labute approximate surface area is 120 Å². The quantitative estimate of drug-likeness (QED) is 0.586. The van der Waals surface area contributed by atoms with Crippen LogP contribution in [0, 0.1) is 6.92 Å². The molecule has 3 N–H and O–H groups in total. The second-order valence-corrected chi connectivity index (χ2v) is 6.33. The van der Waals surface area contributed by atoms with Crippen LogP contribution in [0.5, 0.6) is 0 Å². The van der Waals surface area contributed by atoms with Gasteiger partial charge in [0.15, 0.2) is 0 Å². The number of rotatable bonds is 8. The molecule has 1 rings (SSSR count). The lowest BCUT2D eigenvalue weighted by Crippen LogP contribution is -2.38. The fourth-order valence-electron chi connectivity index (χ4n) is 1.40. The first kappa shape index (κ1) is 16.6. The second kappa shape index (κ2) is 7.36. The van der Waals surface area contributed by atoms with Gasteiger partial charge in [0, 0.05) is 45.5 Å². The fourth-order valence-corrected chi connectivity index (χ4v) is 2.01. The number of nitrogens with zero attached hydrogens (tertiary/aromatic N) is 3. The van der Waals surface area contributed by atoms with Crippen LogP contribution in [-0.4, -0.2) is 56.4 Å². The molecule has 0 saturated heterocycles. The molecule has 20 heavy (non-hydrogen) atoms.